The van der Waals surface area contributed by atoms with Gasteiger partial charge < -0.3 is 19.9 Å². The summed E-state index contributed by atoms with van der Waals surface area (Å²) in [6, 6.07) is 10.9. The van der Waals surface area contributed by atoms with Gasteiger partial charge in [-0.25, -0.2) is 4.39 Å². The summed E-state index contributed by atoms with van der Waals surface area (Å²) in [7, 11) is 0. The molecule has 2 aromatic carbocycles. The molecule has 218 valence electrons. The molecule has 10 heteroatoms. The van der Waals surface area contributed by atoms with Crippen LogP contribution in [0.5, 0.6) is 5.75 Å². The van der Waals surface area contributed by atoms with Crippen LogP contribution in [-0.2, 0) is 11.3 Å². The number of benzene rings is 2. The number of para-hydroxylation sites is 1. The van der Waals surface area contributed by atoms with Crippen molar-refractivity contribution >= 4 is 21.6 Å². The summed E-state index contributed by atoms with van der Waals surface area (Å²) in [6.07, 6.45) is -1.21. The summed E-state index contributed by atoms with van der Waals surface area (Å²) in [5, 5.41) is 23.2. The summed E-state index contributed by atoms with van der Waals surface area (Å²) in [5.74, 6) is -0.410. The van der Waals surface area contributed by atoms with E-state index in [0.29, 0.717) is 23.0 Å². The predicted molar refractivity (Wildman–Crippen MR) is 149 cm³/mol. The molecule has 2 aliphatic carbocycles. The topological polar surface area (TPSA) is 74.6 Å². The molecule has 5 nitrogen and oxygen atoms in total. The Morgan fingerprint density at radius 2 is 1.85 bits per heavy atom. The number of halogens is 5. The van der Waals surface area contributed by atoms with E-state index in [1.54, 1.807) is 12.1 Å². The van der Waals surface area contributed by atoms with Crippen LogP contribution in [0.15, 0.2) is 58.3 Å². The van der Waals surface area contributed by atoms with Crippen molar-refractivity contribution < 1.29 is 32.1 Å². The molecule has 0 aliphatic heterocycles. The highest BCUT2D eigenvalue weighted by molar-refractivity contribution is 9.10. The van der Waals surface area contributed by atoms with Crippen molar-refractivity contribution in [2.75, 3.05) is 6.61 Å². The van der Waals surface area contributed by atoms with Gasteiger partial charge in [0.25, 0.3) is 0 Å². The van der Waals surface area contributed by atoms with E-state index in [-0.39, 0.29) is 64.9 Å². The first-order valence-electron chi connectivity index (χ1n) is 13.6. The molecular formula is C30H35BrF4N2O3. The molecule has 4 atom stereocenters. The number of hydrogen-bond acceptors (Lipinski definition) is 5. The zero-order chi connectivity index (χ0) is 29.0. The maximum absolute atomic E-state index is 14.5. The van der Waals surface area contributed by atoms with Gasteiger partial charge in [-0.15, -0.1) is 13.2 Å². The summed E-state index contributed by atoms with van der Waals surface area (Å²) in [4.78, 5) is 0. The highest BCUT2D eigenvalue weighted by atomic mass is 79.9. The van der Waals surface area contributed by atoms with Crippen LogP contribution in [0.2, 0.25) is 0 Å². The van der Waals surface area contributed by atoms with E-state index in [1.165, 1.54) is 18.2 Å². The van der Waals surface area contributed by atoms with Gasteiger partial charge in [-0.2, -0.15) is 0 Å². The van der Waals surface area contributed by atoms with Crippen LogP contribution in [0.25, 0.3) is 0 Å². The first-order valence-corrected chi connectivity index (χ1v) is 14.4. The normalized spacial score (nSPS) is 24.0. The van der Waals surface area contributed by atoms with Crippen LogP contribution in [0.4, 0.5) is 17.6 Å². The number of rotatable bonds is 11. The number of hydrogen-bond donors (Lipinski definition) is 3. The molecule has 0 spiro atoms. The smallest absolute Gasteiger partial charge is 0.512 e. The lowest BCUT2D eigenvalue weighted by Gasteiger charge is -2.41. The van der Waals surface area contributed by atoms with Crippen molar-refractivity contribution in [1.29, 1.82) is 5.41 Å². The van der Waals surface area contributed by atoms with E-state index in [9.17, 15) is 22.7 Å². The van der Waals surface area contributed by atoms with E-state index in [2.05, 4.69) is 39.8 Å². The zero-order valence-corrected chi connectivity index (χ0v) is 24.1. The van der Waals surface area contributed by atoms with E-state index in [0.717, 1.165) is 31.7 Å². The second kappa shape index (κ2) is 13.0. The van der Waals surface area contributed by atoms with Crippen molar-refractivity contribution in [3.63, 3.8) is 0 Å². The van der Waals surface area contributed by atoms with Crippen LogP contribution in [0, 0.1) is 29.0 Å². The predicted octanol–water partition coefficient (Wildman–Crippen LogP) is 8.08. The van der Waals surface area contributed by atoms with Gasteiger partial charge in [-0.3, -0.25) is 5.41 Å². The minimum Gasteiger partial charge on any atom is -0.512 e. The van der Waals surface area contributed by atoms with Crippen molar-refractivity contribution in [1.82, 2.24) is 5.32 Å². The molecule has 0 amide bonds. The maximum Gasteiger partial charge on any atom is 0.573 e. The van der Waals surface area contributed by atoms with Gasteiger partial charge in [0.1, 0.15) is 17.3 Å². The quantitative estimate of drug-likeness (QED) is 0.134. The molecule has 2 saturated carbocycles. The van der Waals surface area contributed by atoms with Crippen LogP contribution in [0.1, 0.15) is 57.1 Å². The first-order chi connectivity index (χ1) is 19.0. The van der Waals surface area contributed by atoms with E-state index >= 15 is 0 Å². The molecule has 0 bridgehead atoms. The first kappa shape index (κ1) is 30.5. The molecule has 2 aromatic rings. The van der Waals surface area contributed by atoms with E-state index < -0.39 is 12.1 Å². The number of ether oxygens (including phenoxy) is 2. The fourth-order valence-electron chi connectivity index (χ4n) is 5.57. The monoisotopic (exact) mass is 626 g/mol. The Morgan fingerprint density at radius 3 is 2.52 bits per heavy atom. The van der Waals surface area contributed by atoms with Crippen LogP contribution in [-0.4, -0.2) is 35.9 Å². The SMILES string of the molecule is CCC1CC(OC/C(C(=N)c2ccccc2OC(F)(F)F)=C(/O)C2CC2)CC(C)C1NCc1cccc(Br)c1F. The summed E-state index contributed by atoms with van der Waals surface area (Å²) in [6.45, 7) is 4.54. The molecule has 4 unspecified atom stereocenters. The third-order valence-corrected chi connectivity index (χ3v) is 8.44. The number of aliphatic hydroxyl groups is 1. The average Bonchev–Trinajstić information content (AvgIpc) is 3.75. The molecule has 40 heavy (non-hydrogen) atoms. The van der Waals surface area contributed by atoms with Gasteiger partial charge in [0.2, 0.25) is 0 Å². The third kappa shape index (κ3) is 7.64. The number of alkyl halides is 3. The lowest BCUT2D eigenvalue weighted by atomic mass is 9.75. The number of aliphatic hydroxyl groups excluding tert-OH is 1. The largest absolute Gasteiger partial charge is 0.573 e. The Morgan fingerprint density at radius 1 is 1.12 bits per heavy atom. The standard InChI is InChI=1S/C30H35BrF4N2O3/c1-3-18-14-21(13-17(2)28(18)37-15-20-7-6-9-24(31)26(20)32)39-16-23(29(38)19-11-12-19)27(36)22-8-4-5-10-25(22)40-30(33,34)35/h4-10,17-19,21,28,36-38H,3,11-16H2,1-2H3/b29-23-,36-27?. The van der Waals surface area contributed by atoms with Gasteiger partial charge >= 0.3 is 6.36 Å². The van der Waals surface area contributed by atoms with Crippen molar-refractivity contribution in [3.05, 3.63) is 75.2 Å². The molecule has 0 aromatic heterocycles. The van der Waals surface area contributed by atoms with Gasteiger partial charge in [0.15, 0.2) is 0 Å². The van der Waals surface area contributed by atoms with Crippen LogP contribution in [0.3, 0.4) is 0 Å². The summed E-state index contributed by atoms with van der Waals surface area (Å²) >= 11 is 3.24. The van der Waals surface area contributed by atoms with Crippen LogP contribution >= 0.6 is 15.9 Å². The van der Waals surface area contributed by atoms with Gasteiger partial charge in [0, 0.05) is 35.2 Å². The second-order valence-electron chi connectivity index (χ2n) is 10.7. The number of allylic oxidation sites excluding steroid dienone is 1. The van der Waals surface area contributed by atoms with Crippen molar-refractivity contribution in [3.8, 4) is 5.75 Å². The Labute approximate surface area is 240 Å². The van der Waals surface area contributed by atoms with Crippen molar-refractivity contribution in [2.24, 2.45) is 17.8 Å². The lowest BCUT2D eigenvalue weighted by molar-refractivity contribution is -0.274. The third-order valence-electron chi connectivity index (χ3n) is 7.83. The Balaban J connectivity index is 1.45. The molecule has 4 rings (SSSR count). The molecule has 0 radical (unpaired) electrons. The summed E-state index contributed by atoms with van der Waals surface area (Å²) < 4.78 is 64.3. The second-order valence-corrected chi connectivity index (χ2v) is 11.6. The van der Waals surface area contributed by atoms with Crippen molar-refractivity contribution in [2.45, 2.75) is 71.0 Å². The van der Waals surface area contributed by atoms with Gasteiger partial charge in [0.05, 0.1) is 22.9 Å². The Hall–Kier alpha value is -2.43. The van der Waals surface area contributed by atoms with E-state index in [4.69, 9.17) is 10.1 Å². The Bertz CT molecular complexity index is 1230. The van der Waals surface area contributed by atoms with E-state index in [1.807, 2.05) is 6.07 Å². The highest BCUT2D eigenvalue weighted by Crippen LogP contribution is 2.39. The maximum atomic E-state index is 14.5. The number of nitrogens with one attached hydrogen (secondary N) is 2. The molecule has 0 saturated heterocycles. The molecule has 2 aliphatic rings. The minimum atomic E-state index is -4.91. The molecule has 0 heterocycles. The molecular weight excluding hydrogens is 592 g/mol. The Kier molecular flexibility index (Phi) is 9.95. The van der Waals surface area contributed by atoms with Crippen LogP contribution < -0.4 is 10.1 Å². The molecule has 3 N–H and O–H groups in total. The van der Waals surface area contributed by atoms with Gasteiger partial charge in [-0.05, 0) is 71.6 Å². The highest BCUT2D eigenvalue weighted by Gasteiger charge is 2.37. The zero-order valence-electron chi connectivity index (χ0n) is 22.5. The fraction of sp³-hybridized carbons (Fsp3) is 0.500. The minimum absolute atomic E-state index is 0.00157. The summed E-state index contributed by atoms with van der Waals surface area (Å²) in [5.41, 5.74) is 0.481. The fourth-order valence-corrected chi connectivity index (χ4v) is 5.98. The average molecular weight is 628 g/mol. The lowest BCUT2D eigenvalue weighted by Crippen LogP contribution is -2.47. The van der Waals surface area contributed by atoms with Gasteiger partial charge in [-0.1, -0.05) is 44.5 Å². The molecule has 2 fully saturated rings.